The van der Waals surface area contributed by atoms with E-state index in [0.29, 0.717) is 6.04 Å². The number of rotatable bonds is 2. The Labute approximate surface area is 90.4 Å². The lowest BCUT2D eigenvalue weighted by Gasteiger charge is -2.28. The summed E-state index contributed by atoms with van der Waals surface area (Å²) in [5, 5.41) is 4.06. The molecule has 0 aliphatic carbocycles. The van der Waals surface area contributed by atoms with E-state index < -0.39 is 0 Å². The molecule has 2 nitrogen and oxygen atoms in total. The maximum absolute atomic E-state index is 5.94. The summed E-state index contributed by atoms with van der Waals surface area (Å²) in [4.78, 5) is 0. The molecule has 4 heteroatoms. The van der Waals surface area contributed by atoms with E-state index in [1.54, 1.807) is 0 Å². The van der Waals surface area contributed by atoms with Gasteiger partial charge in [-0.3, -0.25) is 0 Å². The first kappa shape index (κ1) is 9.31. The van der Waals surface area contributed by atoms with Gasteiger partial charge in [-0.25, -0.2) is 0 Å². The summed E-state index contributed by atoms with van der Waals surface area (Å²) in [6, 6.07) is 6.20. The number of hydrogen-bond donors (Lipinski definition) is 1. The predicted molar refractivity (Wildman–Crippen MR) is 57.4 cm³/mol. The Morgan fingerprint density at radius 3 is 2.85 bits per heavy atom. The lowest BCUT2D eigenvalue weighted by molar-refractivity contribution is 0.0211. The van der Waals surface area contributed by atoms with Gasteiger partial charge < -0.3 is 10.1 Å². The van der Waals surface area contributed by atoms with Gasteiger partial charge in [0.15, 0.2) is 0 Å². The van der Waals surface area contributed by atoms with Crippen molar-refractivity contribution in [1.29, 1.82) is 0 Å². The highest BCUT2D eigenvalue weighted by molar-refractivity contribution is 9.10. The van der Waals surface area contributed by atoms with Gasteiger partial charge in [-0.05, 0) is 28.1 Å². The predicted octanol–water partition coefficient (Wildman–Crippen LogP) is 2.91. The molecule has 70 valence electrons. The second-order valence-electron chi connectivity index (χ2n) is 2.98. The fourth-order valence-electron chi connectivity index (χ4n) is 1.15. The first-order valence-electron chi connectivity index (χ1n) is 4.05. The summed E-state index contributed by atoms with van der Waals surface area (Å²) in [6.07, 6.45) is 0. The van der Waals surface area contributed by atoms with E-state index in [0.717, 1.165) is 28.4 Å². The van der Waals surface area contributed by atoms with Crippen LogP contribution in [0.3, 0.4) is 0 Å². The second kappa shape index (κ2) is 3.86. The zero-order chi connectivity index (χ0) is 9.26. The molecule has 0 saturated carbocycles. The SMILES string of the molecule is Clc1cccc(NC2COC2)c1Br. The third kappa shape index (κ3) is 1.98. The van der Waals surface area contributed by atoms with Gasteiger partial charge in [-0.2, -0.15) is 0 Å². The molecule has 0 radical (unpaired) electrons. The number of benzene rings is 1. The normalized spacial score (nSPS) is 16.8. The average Bonchev–Trinajstić information content (AvgIpc) is 2.04. The molecule has 1 heterocycles. The summed E-state index contributed by atoms with van der Waals surface area (Å²) in [6.45, 7) is 1.55. The molecular weight excluding hydrogens is 253 g/mol. The molecule has 0 amide bonds. The Bertz CT molecular complexity index is 314. The highest BCUT2D eigenvalue weighted by Gasteiger charge is 2.18. The molecule has 0 bridgehead atoms. The molecule has 1 saturated heterocycles. The van der Waals surface area contributed by atoms with Gasteiger partial charge in [-0.15, -0.1) is 0 Å². The largest absolute Gasteiger partial charge is 0.377 e. The molecule has 13 heavy (non-hydrogen) atoms. The standard InChI is InChI=1S/C9H9BrClNO/c10-9-7(11)2-1-3-8(9)12-6-4-13-5-6/h1-3,6,12H,4-5H2. The van der Waals surface area contributed by atoms with Gasteiger partial charge >= 0.3 is 0 Å². The van der Waals surface area contributed by atoms with Gasteiger partial charge in [0, 0.05) is 0 Å². The van der Waals surface area contributed by atoms with E-state index in [9.17, 15) is 0 Å². The molecular formula is C9H9BrClNO. The minimum Gasteiger partial charge on any atom is -0.377 e. The Morgan fingerprint density at radius 2 is 2.23 bits per heavy atom. The Hall–Kier alpha value is -0.250. The van der Waals surface area contributed by atoms with Crippen LogP contribution in [0.15, 0.2) is 22.7 Å². The zero-order valence-electron chi connectivity index (χ0n) is 6.89. The van der Waals surface area contributed by atoms with Crippen LogP contribution in [-0.4, -0.2) is 19.3 Å². The van der Waals surface area contributed by atoms with Crippen LogP contribution < -0.4 is 5.32 Å². The van der Waals surface area contributed by atoms with Crippen molar-refractivity contribution in [2.24, 2.45) is 0 Å². The highest BCUT2D eigenvalue weighted by atomic mass is 79.9. The molecule has 1 aromatic carbocycles. The first-order valence-corrected chi connectivity index (χ1v) is 5.23. The fourth-order valence-corrected chi connectivity index (χ4v) is 1.71. The average molecular weight is 263 g/mol. The monoisotopic (exact) mass is 261 g/mol. The molecule has 0 spiro atoms. The summed E-state index contributed by atoms with van der Waals surface area (Å²) < 4.78 is 5.99. The minimum absolute atomic E-state index is 0.426. The third-order valence-electron chi connectivity index (χ3n) is 1.95. The molecule has 1 fully saturated rings. The first-order chi connectivity index (χ1) is 6.27. The van der Waals surface area contributed by atoms with Crippen molar-refractivity contribution in [3.8, 4) is 0 Å². The van der Waals surface area contributed by atoms with Crippen molar-refractivity contribution in [3.63, 3.8) is 0 Å². The van der Waals surface area contributed by atoms with E-state index in [-0.39, 0.29) is 0 Å². The maximum Gasteiger partial charge on any atom is 0.0729 e. The van der Waals surface area contributed by atoms with Gasteiger partial charge in [0.1, 0.15) is 0 Å². The van der Waals surface area contributed by atoms with Crippen LogP contribution in [0.4, 0.5) is 5.69 Å². The molecule has 1 aromatic rings. The number of ether oxygens (including phenoxy) is 1. The van der Waals surface area contributed by atoms with Crippen LogP contribution in [0.1, 0.15) is 0 Å². The van der Waals surface area contributed by atoms with Crippen molar-refractivity contribution >= 4 is 33.2 Å². The van der Waals surface area contributed by atoms with Crippen LogP contribution in [0, 0.1) is 0 Å². The van der Waals surface area contributed by atoms with Crippen LogP contribution in [0.5, 0.6) is 0 Å². The van der Waals surface area contributed by atoms with E-state index in [2.05, 4.69) is 21.2 Å². The Kier molecular flexibility index (Phi) is 2.77. The van der Waals surface area contributed by atoms with Crippen LogP contribution >= 0.6 is 27.5 Å². The van der Waals surface area contributed by atoms with Gasteiger partial charge in [0.05, 0.1) is 34.4 Å². The summed E-state index contributed by atoms with van der Waals surface area (Å²) >= 11 is 9.37. The summed E-state index contributed by atoms with van der Waals surface area (Å²) in [5.41, 5.74) is 1.03. The van der Waals surface area contributed by atoms with Crippen molar-refractivity contribution in [1.82, 2.24) is 0 Å². The van der Waals surface area contributed by atoms with E-state index in [1.165, 1.54) is 0 Å². The summed E-state index contributed by atoms with van der Waals surface area (Å²) in [5.74, 6) is 0. The maximum atomic E-state index is 5.94. The van der Waals surface area contributed by atoms with Crippen molar-refractivity contribution in [3.05, 3.63) is 27.7 Å². The van der Waals surface area contributed by atoms with Crippen molar-refractivity contribution in [2.45, 2.75) is 6.04 Å². The molecule has 1 N–H and O–H groups in total. The number of hydrogen-bond acceptors (Lipinski definition) is 2. The number of halogens is 2. The summed E-state index contributed by atoms with van der Waals surface area (Å²) in [7, 11) is 0. The van der Waals surface area contributed by atoms with Gasteiger partial charge in [-0.1, -0.05) is 17.7 Å². The molecule has 0 unspecified atom stereocenters. The number of nitrogens with one attached hydrogen (secondary N) is 1. The van der Waals surface area contributed by atoms with Crippen LogP contribution in [-0.2, 0) is 4.74 Å². The van der Waals surface area contributed by atoms with Gasteiger partial charge in [0.2, 0.25) is 0 Å². The molecule has 1 aliphatic heterocycles. The van der Waals surface area contributed by atoms with Crippen molar-refractivity contribution in [2.75, 3.05) is 18.5 Å². The lowest BCUT2D eigenvalue weighted by atomic mass is 10.2. The highest BCUT2D eigenvalue weighted by Crippen LogP contribution is 2.30. The molecule has 0 atom stereocenters. The molecule has 0 aromatic heterocycles. The molecule has 1 aliphatic rings. The second-order valence-corrected chi connectivity index (χ2v) is 4.18. The van der Waals surface area contributed by atoms with Crippen molar-refractivity contribution < 1.29 is 4.74 Å². The third-order valence-corrected chi connectivity index (χ3v) is 3.35. The Morgan fingerprint density at radius 1 is 1.46 bits per heavy atom. The van der Waals surface area contributed by atoms with E-state index in [4.69, 9.17) is 16.3 Å². The van der Waals surface area contributed by atoms with Crippen LogP contribution in [0.2, 0.25) is 5.02 Å². The smallest absolute Gasteiger partial charge is 0.0729 e. The van der Waals surface area contributed by atoms with Crippen LogP contribution in [0.25, 0.3) is 0 Å². The van der Waals surface area contributed by atoms with E-state index >= 15 is 0 Å². The topological polar surface area (TPSA) is 21.3 Å². The van der Waals surface area contributed by atoms with E-state index in [1.807, 2.05) is 18.2 Å². The lowest BCUT2D eigenvalue weighted by Crippen LogP contribution is -2.40. The quantitative estimate of drug-likeness (QED) is 0.885. The van der Waals surface area contributed by atoms with Gasteiger partial charge in [0.25, 0.3) is 0 Å². The minimum atomic E-state index is 0.426. The Balaban J connectivity index is 2.14. The molecule has 2 rings (SSSR count). The zero-order valence-corrected chi connectivity index (χ0v) is 9.23. The fraction of sp³-hybridized carbons (Fsp3) is 0.333. The number of anilines is 1.